The predicted octanol–water partition coefficient (Wildman–Crippen LogP) is 20.0. The first-order valence-corrected chi connectivity index (χ1v) is 25.4. The van der Waals surface area contributed by atoms with Gasteiger partial charge in [0, 0.05) is 74.3 Å². The molecule has 0 saturated carbocycles. The van der Waals surface area contributed by atoms with Crippen LogP contribution in [0.25, 0.3) is 84.9 Å². The van der Waals surface area contributed by atoms with Gasteiger partial charge in [0.2, 0.25) is 0 Å². The van der Waals surface area contributed by atoms with Gasteiger partial charge in [-0.3, -0.25) is 0 Å². The summed E-state index contributed by atoms with van der Waals surface area (Å²) in [5.74, 6) is 0. The third-order valence-electron chi connectivity index (χ3n) is 13.5. The van der Waals surface area contributed by atoms with Gasteiger partial charge in [-0.2, -0.15) is 0 Å². The van der Waals surface area contributed by atoms with E-state index in [1.165, 1.54) is 73.7 Å². The maximum absolute atomic E-state index is 2.43. The molecular formula is C66H44N2S2. The molecule has 0 amide bonds. The zero-order valence-electron chi connectivity index (χ0n) is 38.1. The fraction of sp³-hybridized carbons (Fsp3) is 0. The van der Waals surface area contributed by atoms with Gasteiger partial charge in [-0.05, 0) is 118 Å². The number of benzene rings is 11. The number of para-hydroxylation sites is 1. The number of anilines is 6. The van der Waals surface area contributed by atoms with Crippen LogP contribution in [0, 0.1) is 0 Å². The molecule has 13 rings (SSSR count). The molecule has 4 heteroatoms. The molecule has 0 aliphatic carbocycles. The summed E-state index contributed by atoms with van der Waals surface area (Å²) in [7, 11) is 0. The molecule has 0 aliphatic heterocycles. The van der Waals surface area contributed by atoms with Gasteiger partial charge in [0.1, 0.15) is 0 Å². The first-order chi connectivity index (χ1) is 34.7. The van der Waals surface area contributed by atoms with Gasteiger partial charge in [-0.1, -0.05) is 188 Å². The quantitative estimate of drug-likeness (QED) is 0.135. The first-order valence-electron chi connectivity index (χ1n) is 23.7. The minimum atomic E-state index is 1.08. The number of nitrogens with zero attached hydrogens (tertiary/aromatic N) is 2. The number of hydrogen-bond acceptors (Lipinski definition) is 4. The maximum Gasteiger partial charge on any atom is 0.0540 e. The van der Waals surface area contributed by atoms with E-state index in [1.807, 2.05) is 22.7 Å². The van der Waals surface area contributed by atoms with E-state index >= 15 is 0 Å². The largest absolute Gasteiger partial charge is 0.310 e. The molecule has 0 fully saturated rings. The molecule has 0 bridgehead atoms. The van der Waals surface area contributed by atoms with Crippen LogP contribution >= 0.6 is 22.7 Å². The van der Waals surface area contributed by atoms with Gasteiger partial charge in [0.25, 0.3) is 0 Å². The van der Waals surface area contributed by atoms with E-state index in [2.05, 4.69) is 277 Å². The van der Waals surface area contributed by atoms with Gasteiger partial charge in [0.05, 0.1) is 5.69 Å². The summed E-state index contributed by atoms with van der Waals surface area (Å²) in [6.07, 6.45) is 0. The molecule has 330 valence electrons. The number of hydrogen-bond donors (Lipinski definition) is 0. The molecule has 0 unspecified atom stereocenters. The van der Waals surface area contributed by atoms with Crippen molar-refractivity contribution in [3.05, 3.63) is 267 Å². The average Bonchev–Trinajstić information content (AvgIpc) is 4.00. The van der Waals surface area contributed by atoms with Crippen LogP contribution in [0.3, 0.4) is 0 Å². The van der Waals surface area contributed by atoms with Gasteiger partial charge >= 0.3 is 0 Å². The van der Waals surface area contributed by atoms with Crippen molar-refractivity contribution in [3.8, 4) is 44.5 Å². The number of rotatable bonds is 10. The Balaban J connectivity index is 0.928. The predicted molar refractivity (Wildman–Crippen MR) is 303 cm³/mol. The van der Waals surface area contributed by atoms with Crippen molar-refractivity contribution in [2.45, 2.75) is 0 Å². The van der Waals surface area contributed by atoms with Crippen molar-refractivity contribution in [2.75, 3.05) is 9.80 Å². The molecule has 70 heavy (non-hydrogen) atoms. The molecule has 0 radical (unpaired) electrons. The summed E-state index contributed by atoms with van der Waals surface area (Å²) < 4.78 is 5.14. The summed E-state index contributed by atoms with van der Waals surface area (Å²) in [5.41, 5.74) is 16.1. The Hall–Kier alpha value is -8.54. The van der Waals surface area contributed by atoms with Crippen molar-refractivity contribution in [2.24, 2.45) is 0 Å². The zero-order chi connectivity index (χ0) is 46.4. The van der Waals surface area contributed by atoms with Crippen molar-refractivity contribution in [1.29, 1.82) is 0 Å². The maximum atomic E-state index is 2.43. The summed E-state index contributed by atoms with van der Waals surface area (Å²) in [4.78, 5) is 4.84. The SMILES string of the molecule is c1ccc(-c2ccc(-c3ccc(N(c4cccc(-c5ccccc5N(c5ccc(-c6ccccc6)cc5)c5ccc6c(c5)sc5ccccc56)c4)c4ccc5c(c4)sc4ccccc45)cc3)cc2)cc1. The first kappa shape index (κ1) is 41.6. The Morgan fingerprint density at radius 1 is 0.214 bits per heavy atom. The molecule has 0 saturated heterocycles. The van der Waals surface area contributed by atoms with Crippen molar-refractivity contribution < 1.29 is 0 Å². The second kappa shape index (κ2) is 17.8. The van der Waals surface area contributed by atoms with Crippen molar-refractivity contribution >= 4 is 97.1 Å². The van der Waals surface area contributed by atoms with E-state index in [0.29, 0.717) is 0 Å². The molecule has 0 N–H and O–H groups in total. The van der Waals surface area contributed by atoms with Crippen LogP contribution in [0.4, 0.5) is 34.1 Å². The van der Waals surface area contributed by atoms with E-state index in [9.17, 15) is 0 Å². The van der Waals surface area contributed by atoms with Crippen LogP contribution in [-0.4, -0.2) is 0 Å². The Bertz CT molecular complexity index is 3990. The smallest absolute Gasteiger partial charge is 0.0540 e. The molecule has 2 aromatic heterocycles. The monoisotopic (exact) mass is 928 g/mol. The Morgan fingerprint density at radius 2 is 0.586 bits per heavy atom. The van der Waals surface area contributed by atoms with Crippen LogP contribution in [0.2, 0.25) is 0 Å². The Morgan fingerprint density at radius 3 is 1.13 bits per heavy atom. The molecule has 11 aromatic carbocycles. The molecular weight excluding hydrogens is 885 g/mol. The van der Waals surface area contributed by atoms with Crippen LogP contribution in [0.5, 0.6) is 0 Å². The highest BCUT2D eigenvalue weighted by Gasteiger charge is 2.21. The van der Waals surface area contributed by atoms with Gasteiger partial charge in [-0.15, -0.1) is 22.7 Å². The second-order valence-electron chi connectivity index (χ2n) is 17.7. The third kappa shape index (κ3) is 7.70. The minimum absolute atomic E-state index is 1.08. The van der Waals surface area contributed by atoms with E-state index < -0.39 is 0 Å². The molecule has 0 aliphatic rings. The lowest BCUT2D eigenvalue weighted by Gasteiger charge is -2.29. The van der Waals surface area contributed by atoms with Gasteiger partial charge in [-0.25, -0.2) is 0 Å². The highest BCUT2D eigenvalue weighted by molar-refractivity contribution is 7.26. The van der Waals surface area contributed by atoms with Crippen molar-refractivity contribution in [1.82, 2.24) is 0 Å². The molecule has 2 nitrogen and oxygen atoms in total. The molecule has 13 aromatic rings. The van der Waals surface area contributed by atoms with Crippen molar-refractivity contribution in [3.63, 3.8) is 0 Å². The zero-order valence-corrected chi connectivity index (χ0v) is 39.7. The normalized spacial score (nSPS) is 11.4. The Kier molecular flexibility index (Phi) is 10.6. The highest BCUT2D eigenvalue weighted by atomic mass is 32.1. The summed E-state index contributed by atoms with van der Waals surface area (Å²) >= 11 is 3.71. The van der Waals surface area contributed by atoms with E-state index in [-0.39, 0.29) is 0 Å². The molecule has 0 spiro atoms. The topological polar surface area (TPSA) is 6.48 Å². The summed E-state index contributed by atoms with van der Waals surface area (Å²) in [6.45, 7) is 0. The summed E-state index contributed by atoms with van der Waals surface area (Å²) in [6, 6.07) is 97.4. The fourth-order valence-electron chi connectivity index (χ4n) is 10.0. The Labute approximate surface area is 415 Å². The lowest BCUT2D eigenvalue weighted by atomic mass is 9.99. The second-order valence-corrected chi connectivity index (χ2v) is 19.9. The number of thiophene rings is 2. The highest BCUT2D eigenvalue weighted by Crippen LogP contribution is 2.46. The fourth-order valence-corrected chi connectivity index (χ4v) is 12.3. The van der Waals surface area contributed by atoms with Gasteiger partial charge < -0.3 is 9.80 Å². The molecule has 2 heterocycles. The number of fused-ring (bicyclic) bond motifs is 6. The third-order valence-corrected chi connectivity index (χ3v) is 15.8. The summed E-state index contributed by atoms with van der Waals surface area (Å²) in [5, 5.41) is 5.17. The van der Waals surface area contributed by atoms with E-state index in [4.69, 9.17) is 0 Å². The van der Waals surface area contributed by atoms with Gasteiger partial charge in [0.15, 0.2) is 0 Å². The van der Waals surface area contributed by atoms with Crippen LogP contribution in [0.1, 0.15) is 0 Å². The van der Waals surface area contributed by atoms with Crippen LogP contribution < -0.4 is 9.80 Å². The standard InChI is InChI=1S/C66H44N2S2/c1-3-14-45(15-4-1)47-26-28-48(29-27-47)50-30-34-52(35-31-50)67(55-38-40-60-58-21-8-11-24-63(58)69-65(60)43-55)54-19-13-18-51(42-54)57-20-7-10-23-62(57)68(53-36-32-49(33-37-53)46-16-5-2-6-17-46)56-39-41-61-59-22-9-12-25-64(59)70-66(61)44-56/h1-44H. The van der Waals surface area contributed by atoms with Crippen LogP contribution in [-0.2, 0) is 0 Å². The lowest BCUT2D eigenvalue weighted by molar-refractivity contribution is 1.28. The minimum Gasteiger partial charge on any atom is -0.310 e. The molecule has 0 atom stereocenters. The van der Waals surface area contributed by atoms with E-state index in [1.54, 1.807) is 0 Å². The lowest BCUT2D eigenvalue weighted by Crippen LogP contribution is -2.12. The average molecular weight is 929 g/mol. The van der Waals surface area contributed by atoms with E-state index in [0.717, 1.165) is 45.3 Å². The van der Waals surface area contributed by atoms with Crippen LogP contribution in [0.15, 0.2) is 267 Å².